The van der Waals surface area contributed by atoms with Crippen molar-refractivity contribution in [3.05, 3.63) is 47.6 Å². The Hall–Kier alpha value is -2.74. The lowest BCUT2D eigenvalue weighted by molar-refractivity contribution is -0.129. The van der Waals surface area contributed by atoms with Crippen molar-refractivity contribution in [3.8, 4) is 0 Å². The predicted molar refractivity (Wildman–Crippen MR) is 110 cm³/mol. The first-order chi connectivity index (χ1) is 14.7. The molecule has 162 valence electrons. The third-order valence-corrected chi connectivity index (χ3v) is 5.72. The van der Waals surface area contributed by atoms with Crippen LogP contribution in [-0.2, 0) is 11.3 Å². The maximum Gasteiger partial charge on any atom is 0.251 e. The summed E-state index contributed by atoms with van der Waals surface area (Å²) in [4.78, 5) is 28.3. The Kier molecular flexibility index (Phi) is 8.38. The Labute approximate surface area is 176 Å². The summed E-state index contributed by atoms with van der Waals surface area (Å²) in [7, 11) is 0. The van der Waals surface area contributed by atoms with Gasteiger partial charge in [-0.25, -0.2) is 5.48 Å². The van der Waals surface area contributed by atoms with Crippen LogP contribution >= 0.6 is 0 Å². The van der Waals surface area contributed by atoms with Crippen molar-refractivity contribution in [2.45, 2.75) is 70.3 Å². The van der Waals surface area contributed by atoms with Crippen LogP contribution in [0, 0.1) is 5.92 Å². The van der Waals surface area contributed by atoms with E-state index < -0.39 is 5.91 Å². The van der Waals surface area contributed by atoms with E-state index in [0.717, 1.165) is 25.2 Å². The first-order valence-corrected chi connectivity index (χ1v) is 10.7. The standard InChI is InChI=1S/C22H30N4O4/c27-20(25-29)14-18(13-7-10-16-8-3-1-4-9-16)22-24-19(26-30-22)15-23-21(28)17-11-5-2-6-12-17/h2,5-6,11-12,16,18,29H,1,3-4,7-10,13-15H2,(H,23,28)(H,25,27). The zero-order valence-electron chi connectivity index (χ0n) is 17.2. The number of nitrogens with one attached hydrogen (secondary N) is 2. The lowest BCUT2D eigenvalue weighted by atomic mass is 9.84. The van der Waals surface area contributed by atoms with Gasteiger partial charge >= 0.3 is 0 Å². The summed E-state index contributed by atoms with van der Waals surface area (Å²) in [5.74, 6) is 0.534. The molecule has 2 amide bonds. The largest absolute Gasteiger partial charge is 0.345 e. The molecule has 3 N–H and O–H groups in total. The molecule has 1 aromatic heterocycles. The van der Waals surface area contributed by atoms with E-state index in [2.05, 4.69) is 15.5 Å². The number of hydrogen-bond donors (Lipinski definition) is 3. The summed E-state index contributed by atoms with van der Waals surface area (Å²) in [5.41, 5.74) is 2.24. The Bertz CT molecular complexity index is 802. The molecule has 1 atom stereocenters. The van der Waals surface area contributed by atoms with E-state index in [9.17, 15) is 9.59 Å². The monoisotopic (exact) mass is 414 g/mol. The van der Waals surface area contributed by atoms with Crippen LogP contribution in [0.1, 0.15) is 85.8 Å². The van der Waals surface area contributed by atoms with Crippen molar-refractivity contribution in [1.82, 2.24) is 20.9 Å². The molecule has 2 aromatic rings. The van der Waals surface area contributed by atoms with Gasteiger partial charge in [0.1, 0.15) is 0 Å². The number of carbonyl (C=O) groups is 2. The van der Waals surface area contributed by atoms with Gasteiger partial charge in [-0.15, -0.1) is 0 Å². The normalized spacial score (nSPS) is 15.5. The lowest BCUT2D eigenvalue weighted by Crippen LogP contribution is -2.23. The molecule has 0 saturated heterocycles. The summed E-state index contributed by atoms with van der Waals surface area (Å²) in [6, 6.07) is 8.90. The van der Waals surface area contributed by atoms with Gasteiger partial charge in [-0.3, -0.25) is 14.8 Å². The van der Waals surface area contributed by atoms with E-state index >= 15 is 0 Å². The minimum Gasteiger partial charge on any atom is -0.345 e. The molecule has 0 radical (unpaired) electrons. The molecule has 0 aliphatic heterocycles. The van der Waals surface area contributed by atoms with Gasteiger partial charge in [0.05, 0.1) is 6.54 Å². The third kappa shape index (κ3) is 6.66. The van der Waals surface area contributed by atoms with Gasteiger partial charge < -0.3 is 9.84 Å². The van der Waals surface area contributed by atoms with Crippen LogP contribution in [0.15, 0.2) is 34.9 Å². The average molecular weight is 415 g/mol. The Morgan fingerprint density at radius 3 is 2.67 bits per heavy atom. The number of rotatable bonds is 10. The fraction of sp³-hybridized carbons (Fsp3) is 0.545. The van der Waals surface area contributed by atoms with E-state index in [1.165, 1.54) is 32.1 Å². The van der Waals surface area contributed by atoms with Crippen molar-refractivity contribution in [1.29, 1.82) is 0 Å². The van der Waals surface area contributed by atoms with Crippen LogP contribution in [0.4, 0.5) is 0 Å². The number of amides is 2. The van der Waals surface area contributed by atoms with E-state index in [0.29, 0.717) is 17.3 Å². The molecule has 1 aromatic carbocycles. The highest BCUT2D eigenvalue weighted by Gasteiger charge is 2.23. The van der Waals surface area contributed by atoms with Crippen LogP contribution < -0.4 is 10.8 Å². The molecule has 0 spiro atoms. The van der Waals surface area contributed by atoms with Crippen molar-refractivity contribution in [2.75, 3.05) is 0 Å². The van der Waals surface area contributed by atoms with Gasteiger partial charge in [-0.2, -0.15) is 4.98 Å². The second-order valence-electron chi connectivity index (χ2n) is 7.97. The second kappa shape index (κ2) is 11.4. The molecule has 8 heteroatoms. The molecule has 1 saturated carbocycles. The Morgan fingerprint density at radius 2 is 1.93 bits per heavy atom. The summed E-state index contributed by atoms with van der Waals surface area (Å²) < 4.78 is 5.38. The fourth-order valence-corrected chi connectivity index (χ4v) is 4.07. The topological polar surface area (TPSA) is 117 Å². The Balaban J connectivity index is 1.54. The third-order valence-electron chi connectivity index (χ3n) is 5.72. The first-order valence-electron chi connectivity index (χ1n) is 10.7. The van der Waals surface area contributed by atoms with Crippen molar-refractivity contribution in [2.24, 2.45) is 5.92 Å². The minimum absolute atomic E-state index is 0.0825. The first kappa shape index (κ1) is 22.0. The quantitative estimate of drug-likeness (QED) is 0.403. The smallest absolute Gasteiger partial charge is 0.251 e. The molecule has 1 fully saturated rings. The second-order valence-corrected chi connectivity index (χ2v) is 7.97. The number of aromatic nitrogens is 2. The molecule has 8 nitrogen and oxygen atoms in total. The fourth-order valence-electron chi connectivity index (χ4n) is 4.07. The highest BCUT2D eigenvalue weighted by atomic mass is 16.5. The summed E-state index contributed by atoms with van der Waals surface area (Å²) in [6.07, 6.45) is 9.44. The highest BCUT2D eigenvalue weighted by Crippen LogP contribution is 2.31. The van der Waals surface area contributed by atoms with Gasteiger partial charge in [0, 0.05) is 17.9 Å². The molecular formula is C22H30N4O4. The van der Waals surface area contributed by atoms with Crippen LogP contribution in [0.2, 0.25) is 0 Å². The van der Waals surface area contributed by atoms with E-state index in [4.69, 9.17) is 9.73 Å². The Morgan fingerprint density at radius 1 is 1.17 bits per heavy atom. The van der Waals surface area contributed by atoms with Crippen LogP contribution in [0.3, 0.4) is 0 Å². The molecule has 0 bridgehead atoms. The van der Waals surface area contributed by atoms with E-state index in [-0.39, 0.29) is 24.8 Å². The van der Waals surface area contributed by atoms with Crippen molar-refractivity contribution < 1.29 is 19.3 Å². The molecule has 30 heavy (non-hydrogen) atoms. The van der Waals surface area contributed by atoms with Gasteiger partial charge in [-0.1, -0.05) is 68.3 Å². The number of benzene rings is 1. The zero-order valence-corrected chi connectivity index (χ0v) is 17.2. The average Bonchev–Trinajstić information content (AvgIpc) is 3.27. The van der Waals surface area contributed by atoms with Crippen LogP contribution in [0.5, 0.6) is 0 Å². The maximum atomic E-state index is 12.2. The molecular weight excluding hydrogens is 384 g/mol. The van der Waals surface area contributed by atoms with Crippen molar-refractivity contribution >= 4 is 11.8 Å². The SMILES string of the molecule is O=C(CC(CCCC1CCCCC1)c1nc(CNC(=O)c2ccccc2)no1)NO. The van der Waals surface area contributed by atoms with Crippen molar-refractivity contribution in [3.63, 3.8) is 0 Å². The van der Waals surface area contributed by atoms with Gasteiger partial charge in [0.15, 0.2) is 5.82 Å². The summed E-state index contributed by atoms with van der Waals surface area (Å²) in [5, 5.41) is 15.6. The zero-order chi connectivity index (χ0) is 21.2. The molecule has 1 unspecified atom stereocenters. The van der Waals surface area contributed by atoms with E-state index in [1.807, 2.05) is 6.07 Å². The maximum absolute atomic E-state index is 12.2. The lowest BCUT2D eigenvalue weighted by Gasteiger charge is -2.22. The number of hydrogen-bond acceptors (Lipinski definition) is 6. The number of nitrogens with zero attached hydrogens (tertiary/aromatic N) is 2. The molecule has 1 aliphatic rings. The van der Waals surface area contributed by atoms with Crippen LogP contribution in [-0.4, -0.2) is 27.2 Å². The van der Waals surface area contributed by atoms with Crippen LogP contribution in [0.25, 0.3) is 0 Å². The summed E-state index contributed by atoms with van der Waals surface area (Å²) in [6.45, 7) is 0.137. The van der Waals surface area contributed by atoms with Gasteiger partial charge in [-0.05, 0) is 24.5 Å². The number of carbonyl (C=O) groups excluding carboxylic acids is 2. The predicted octanol–water partition coefficient (Wildman–Crippen LogP) is 3.73. The van der Waals surface area contributed by atoms with Gasteiger partial charge in [0.2, 0.25) is 11.8 Å². The summed E-state index contributed by atoms with van der Waals surface area (Å²) >= 11 is 0. The molecule has 1 heterocycles. The minimum atomic E-state index is -0.477. The molecule has 3 rings (SSSR count). The van der Waals surface area contributed by atoms with E-state index in [1.54, 1.807) is 29.7 Å². The highest BCUT2D eigenvalue weighted by molar-refractivity contribution is 5.93. The number of hydroxylamine groups is 1. The van der Waals surface area contributed by atoms with Gasteiger partial charge in [0.25, 0.3) is 5.91 Å². The molecule has 1 aliphatic carbocycles.